The van der Waals surface area contributed by atoms with Crippen LogP contribution in [0.5, 0.6) is 5.75 Å². The molecule has 3 amide bonds. The van der Waals surface area contributed by atoms with E-state index in [1.807, 2.05) is 32.0 Å². The third-order valence-electron chi connectivity index (χ3n) is 6.32. The Kier molecular flexibility index (Phi) is 7.49. The zero-order valence-corrected chi connectivity index (χ0v) is 22.7. The van der Waals surface area contributed by atoms with Gasteiger partial charge in [0, 0.05) is 30.4 Å². The van der Waals surface area contributed by atoms with Gasteiger partial charge in [-0.05, 0) is 55.2 Å². The van der Waals surface area contributed by atoms with Gasteiger partial charge in [0.05, 0.1) is 33.6 Å². The molecule has 13 heteroatoms. The molecule has 2 atom stereocenters. The van der Waals surface area contributed by atoms with Crippen LogP contribution in [-0.4, -0.2) is 62.6 Å². The number of hydrogen-bond donors (Lipinski definition) is 1. The molecule has 1 saturated heterocycles. The maximum Gasteiger partial charge on any atom is 0.326 e. The maximum atomic E-state index is 14.2. The molecule has 0 spiro atoms. The molecule has 11 nitrogen and oxygen atoms in total. The van der Waals surface area contributed by atoms with Crippen LogP contribution in [0.4, 0.5) is 10.5 Å². The number of amides is 3. The zero-order chi connectivity index (χ0) is 27.7. The molecule has 1 fully saturated rings. The second-order valence-corrected chi connectivity index (χ2v) is 10.6. The molecule has 5 rings (SSSR count). The van der Waals surface area contributed by atoms with Crippen molar-refractivity contribution in [3.63, 3.8) is 0 Å². The summed E-state index contributed by atoms with van der Waals surface area (Å²) in [5.74, 6) is 0.260. The van der Waals surface area contributed by atoms with Crippen LogP contribution in [0.3, 0.4) is 0 Å². The number of hydrogen-bond acceptors (Lipinski definition) is 8. The van der Waals surface area contributed by atoms with E-state index in [0.717, 1.165) is 10.4 Å². The second-order valence-electron chi connectivity index (χ2n) is 9.34. The summed E-state index contributed by atoms with van der Waals surface area (Å²) in [6, 6.07) is 11.7. The van der Waals surface area contributed by atoms with Crippen molar-refractivity contribution < 1.29 is 19.2 Å². The molecule has 2 aromatic carbocycles. The van der Waals surface area contributed by atoms with Crippen LogP contribution >= 0.6 is 23.1 Å². The smallest absolute Gasteiger partial charge is 0.326 e. The lowest BCUT2D eigenvalue weighted by Gasteiger charge is -2.35. The number of piperazine rings is 1. The minimum Gasteiger partial charge on any atom is -0.490 e. The molecule has 39 heavy (non-hydrogen) atoms. The summed E-state index contributed by atoms with van der Waals surface area (Å²) in [5.41, 5.74) is 1.06. The van der Waals surface area contributed by atoms with Gasteiger partial charge in [-0.2, -0.15) is 0 Å². The summed E-state index contributed by atoms with van der Waals surface area (Å²) < 4.78 is 10.2. The number of urea groups is 1. The predicted octanol–water partition coefficient (Wildman–Crippen LogP) is 4.59. The van der Waals surface area contributed by atoms with Crippen molar-refractivity contribution in [1.82, 2.24) is 19.5 Å². The van der Waals surface area contributed by atoms with Crippen LogP contribution < -0.4 is 10.1 Å². The first-order valence-corrected chi connectivity index (χ1v) is 13.4. The Morgan fingerprint density at radius 1 is 1.23 bits per heavy atom. The Labute approximate surface area is 233 Å². The number of benzene rings is 2. The molecular weight excluding hydrogens is 544 g/mol. The summed E-state index contributed by atoms with van der Waals surface area (Å²) in [6.45, 7) is 4.17. The molecule has 1 N–H and O–H groups in total. The van der Waals surface area contributed by atoms with Crippen molar-refractivity contribution in [3.8, 4) is 5.75 Å². The Balaban J connectivity index is 1.70. The van der Waals surface area contributed by atoms with Crippen molar-refractivity contribution in [3.05, 3.63) is 85.9 Å². The van der Waals surface area contributed by atoms with Gasteiger partial charge in [0.15, 0.2) is 0 Å². The number of non-ortho nitro benzene ring substituents is 1. The van der Waals surface area contributed by atoms with Gasteiger partial charge in [-0.15, -0.1) is 0 Å². The average Bonchev–Trinajstić information content (AvgIpc) is 3.57. The number of nitrogens with one attached hydrogen (secondary N) is 1. The molecule has 0 unspecified atom stereocenters. The first-order chi connectivity index (χ1) is 18.7. The highest BCUT2D eigenvalue weighted by Crippen LogP contribution is 2.46. The van der Waals surface area contributed by atoms with Crippen LogP contribution in [0.25, 0.3) is 0 Å². The van der Waals surface area contributed by atoms with Crippen LogP contribution in [-0.2, 0) is 4.79 Å². The molecule has 0 aliphatic carbocycles. The number of rotatable bonds is 6. The van der Waals surface area contributed by atoms with E-state index < -0.39 is 23.0 Å². The third-order valence-corrected chi connectivity index (χ3v) is 7.39. The number of aliphatic imine (C=N–C) groups is 1. The van der Waals surface area contributed by atoms with Crippen molar-refractivity contribution in [1.29, 1.82) is 0 Å². The zero-order valence-electron chi connectivity index (χ0n) is 21.1. The minimum absolute atomic E-state index is 0.100. The Hall–Kier alpha value is -4.03. The van der Waals surface area contributed by atoms with Crippen LogP contribution in [0.1, 0.15) is 41.9 Å². The van der Waals surface area contributed by atoms with Crippen LogP contribution in [0.2, 0.25) is 5.02 Å². The van der Waals surface area contributed by atoms with Crippen molar-refractivity contribution in [2.45, 2.75) is 32.0 Å². The second kappa shape index (κ2) is 11.0. The van der Waals surface area contributed by atoms with E-state index in [1.54, 1.807) is 29.3 Å². The van der Waals surface area contributed by atoms with Gasteiger partial charge in [0.25, 0.3) is 5.69 Å². The molecular formula is C26H25ClN6O5S. The number of ether oxygens (including phenoxy) is 1. The van der Waals surface area contributed by atoms with Gasteiger partial charge in [-0.25, -0.2) is 9.17 Å². The summed E-state index contributed by atoms with van der Waals surface area (Å²) in [5, 5.41) is 14.8. The lowest BCUT2D eigenvalue weighted by atomic mass is 9.98. The summed E-state index contributed by atoms with van der Waals surface area (Å²) in [7, 11) is 0. The summed E-state index contributed by atoms with van der Waals surface area (Å²) in [6.07, 6.45) is 1.37. The van der Waals surface area contributed by atoms with Gasteiger partial charge in [-0.3, -0.25) is 24.8 Å². The fourth-order valence-corrected chi connectivity index (χ4v) is 5.43. The SMILES string of the molecule is CC(C)Oc1cc([N+](=O)[O-])ccc1C1=N[C@@H](c2ccns2)[C@@H](c2ccc(Cl)cc2)N1C(=O)N1CCNC(=O)C1. The highest BCUT2D eigenvalue weighted by atomic mass is 35.5. The van der Waals surface area contributed by atoms with E-state index in [0.29, 0.717) is 23.7 Å². The molecule has 0 radical (unpaired) electrons. The van der Waals surface area contributed by atoms with Gasteiger partial charge < -0.3 is 15.0 Å². The Bertz CT molecular complexity index is 1430. The minimum atomic E-state index is -0.600. The first-order valence-electron chi connectivity index (χ1n) is 12.3. The highest BCUT2D eigenvalue weighted by molar-refractivity contribution is 7.05. The van der Waals surface area contributed by atoms with E-state index in [1.165, 1.54) is 28.6 Å². The van der Waals surface area contributed by atoms with Crippen molar-refractivity contribution >= 4 is 46.6 Å². The number of carbonyl (C=O) groups excluding carboxylic acids is 2. The number of nitro groups is 1. The number of nitro benzene ring substituents is 1. The Morgan fingerprint density at radius 2 is 2.00 bits per heavy atom. The number of carbonyl (C=O) groups is 2. The Morgan fingerprint density at radius 3 is 2.64 bits per heavy atom. The standard InChI is InChI=1S/C26H25ClN6O5S/c1-15(2)38-20-13-18(33(36)37)7-8-19(20)25-30-23(21-9-10-29-39-21)24(16-3-5-17(27)6-4-16)32(25)26(35)31-12-11-28-22(34)14-31/h3-10,13,15,23-24H,11-12,14H2,1-2H3,(H,28,34)/t23-,24+/m0/s1. The van der Waals surface area contributed by atoms with Crippen molar-refractivity contribution in [2.24, 2.45) is 4.99 Å². The first kappa shape index (κ1) is 26.6. The van der Waals surface area contributed by atoms with Crippen LogP contribution in [0.15, 0.2) is 59.7 Å². The lowest BCUT2D eigenvalue weighted by molar-refractivity contribution is -0.384. The number of amidine groups is 1. The highest BCUT2D eigenvalue weighted by Gasteiger charge is 2.45. The summed E-state index contributed by atoms with van der Waals surface area (Å²) >= 11 is 7.45. The monoisotopic (exact) mass is 568 g/mol. The molecule has 1 aromatic heterocycles. The van der Waals surface area contributed by atoms with Crippen LogP contribution in [0, 0.1) is 10.1 Å². The predicted molar refractivity (Wildman–Crippen MR) is 146 cm³/mol. The fraction of sp³-hybridized carbons (Fsp3) is 0.308. The topological polar surface area (TPSA) is 130 Å². The molecule has 2 aliphatic heterocycles. The fourth-order valence-electron chi connectivity index (χ4n) is 4.65. The molecule has 202 valence electrons. The molecule has 2 aliphatic rings. The van der Waals surface area contributed by atoms with Gasteiger partial charge >= 0.3 is 6.03 Å². The van der Waals surface area contributed by atoms with E-state index in [4.69, 9.17) is 21.3 Å². The number of aromatic nitrogens is 1. The van der Waals surface area contributed by atoms with E-state index >= 15 is 0 Å². The molecule has 0 bridgehead atoms. The maximum absolute atomic E-state index is 14.2. The van der Waals surface area contributed by atoms with E-state index in [2.05, 4.69) is 9.69 Å². The molecule has 3 aromatic rings. The average molecular weight is 569 g/mol. The van der Waals surface area contributed by atoms with E-state index in [9.17, 15) is 19.7 Å². The van der Waals surface area contributed by atoms with E-state index in [-0.39, 0.29) is 35.8 Å². The summed E-state index contributed by atoms with van der Waals surface area (Å²) in [4.78, 5) is 46.3. The number of halogens is 1. The quantitative estimate of drug-likeness (QED) is 0.342. The lowest BCUT2D eigenvalue weighted by Crippen LogP contribution is -2.55. The normalized spacial score (nSPS) is 19.2. The third kappa shape index (κ3) is 5.43. The molecule has 3 heterocycles. The van der Waals surface area contributed by atoms with Gasteiger partial charge in [0.1, 0.15) is 24.2 Å². The molecule has 0 saturated carbocycles. The van der Waals surface area contributed by atoms with Gasteiger partial charge in [-0.1, -0.05) is 23.7 Å². The van der Waals surface area contributed by atoms with Gasteiger partial charge in [0.2, 0.25) is 5.91 Å². The largest absolute Gasteiger partial charge is 0.490 e. The number of nitrogens with zero attached hydrogens (tertiary/aromatic N) is 5. The van der Waals surface area contributed by atoms with Crippen molar-refractivity contribution in [2.75, 3.05) is 19.6 Å².